The van der Waals surface area contributed by atoms with Crippen molar-refractivity contribution in [2.75, 3.05) is 20.6 Å². The Bertz CT molecular complexity index is 959. The Morgan fingerprint density at radius 1 is 1.03 bits per heavy atom. The first kappa shape index (κ1) is 25.0. The summed E-state index contributed by atoms with van der Waals surface area (Å²) in [4.78, 5) is 15.0. The van der Waals surface area contributed by atoms with Crippen molar-refractivity contribution in [2.24, 2.45) is 5.92 Å². The Hall–Kier alpha value is -2.29. The van der Waals surface area contributed by atoms with Crippen molar-refractivity contribution in [2.45, 2.75) is 44.2 Å². The predicted octanol–water partition coefficient (Wildman–Crippen LogP) is 3.25. The van der Waals surface area contributed by atoms with Crippen LogP contribution in [-0.4, -0.2) is 45.9 Å². The molecule has 0 aromatic heterocycles. The highest BCUT2D eigenvalue weighted by Gasteiger charge is 2.27. The fraction of sp³-hybridized carbons (Fsp3) is 0.435. The molecule has 6 nitrogen and oxygen atoms in total. The molecule has 31 heavy (non-hydrogen) atoms. The summed E-state index contributed by atoms with van der Waals surface area (Å²) in [6.45, 7) is 6.00. The molecule has 2 rings (SSSR count). The monoisotopic (exact) mass is 449 g/mol. The first-order valence-corrected chi connectivity index (χ1v) is 11.8. The number of halogens is 1. The van der Waals surface area contributed by atoms with Crippen LogP contribution in [0.5, 0.6) is 0 Å². The van der Waals surface area contributed by atoms with E-state index < -0.39 is 22.0 Å². The molecule has 2 N–H and O–H groups in total. The molecule has 2 unspecified atom stereocenters. The van der Waals surface area contributed by atoms with E-state index in [9.17, 15) is 17.6 Å². The maximum absolute atomic E-state index is 13.3. The molecular formula is C23H32FN3O3S. The number of benzene rings is 2. The molecule has 2 aromatic rings. The Morgan fingerprint density at radius 3 is 2.13 bits per heavy atom. The van der Waals surface area contributed by atoms with E-state index in [0.29, 0.717) is 6.42 Å². The number of carbonyl (C=O) groups is 1. The third kappa shape index (κ3) is 7.41. The van der Waals surface area contributed by atoms with Gasteiger partial charge in [-0.15, -0.1) is 0 Å². The molecule has 2 aromatic carbocycles. The van der Waals surface area contributed by atoms with Crippen molar-refractivity contribution >= 4 is 15.9 Å². The van der Waals surface area contributed by atoms with E-state index in [1.54, 1.807) is 24.3 Å². The minimum atomic E-state index is -3.84. The lowest BCUT2D eigenvalue weighted by molar-refractivity contribution is -0.123. The van der Waals surface area contributed by atoms with Gasteiger partial charge in [-0.05, 0) is 63.2 Å². The Labute approximate surface area is 184 Å². The molecule has 0 aliphatic carbocycles. The summed E-state index contributed by atoms with van der Waals surface area (Å²) in [6, 6.07) is 11.5. The number of amides is 1. The number of nitrogens with one attached hydrogen (secondary N) is 2. The maximum atomic E-state index is 13.3. The van der Waals surface area contributed by atoms with Gasteiger partial charge in [0.05, 0.1) is 10.9 Å². The zero-order valence-corrected chi connectivity index (χ0v) is 19.5. The van der Waals surface area contributed by atoms with Gasteiger partial charge in [0, 0.05) is 6.54 Å². The van der Waals surface area contributed by atoms with Gasteiger partial charge in [-0.25, -0.2) is 12.8 Å². The van der Waals surface area contributed by atoms with E-state index in [1.807, 2.05) is 39.8 Å². The van der Waals surface area contributed by atoms with E-state index in [-0.39, 0.29) is 29.2 Å². The third-order valence-corrected chi connectivity index (χ3v) is 6.49. The van der Waals surface area contributed by atoms with Crippen molar-refractivity contribution in [3.8, 4) is 0 Å². The van der Waals surface area contributed by atoms with Crippen LogP contribution in [-0.2, 0) is 14.8 Å². The van der Waals surface area contributed by atoms with Gasteiger partial charge >= 0.3 is 0 Å². The second-order valence-corrected chi connectivity index (χ2v) is 10.1. The van der Waals surface area contributed by atoms with Crippen molar-refractivity contribution in [3.05, 3.63) is 65.5 Å². The molecule has 0 saturated carbocycles. The largest absolute Gasteiger partial charge is 0.353 e. The number of hydrogen-bond acceptors (Lipinski definition) is 4. The van der Waals surface area contributed by atoms with Crippen molar-refractivity contribution < 1.29 is 17.6 Å². The molecule has 0 aliphatic rings. The third-order valence-electron chi connectivity index (χ3n) is 5.00. The number of sulfonamides is 1. The SMILES string of the molecule is Cc1ccc(S(=O)(=O)NC(CC(C)C)C(=O)NCC(c2ccc(F)cc2)N(C)C)cc1. The molecule has 8 heteroatoms. The van der Waals surface area contributed by atoms with Crippen LogP contribution in [0, 0.1) is 18.7 Å². The predicted molar refractivity (Wildman–Crippen MR) is 121 cm³/mol. The van der Waals surface area contributed by atoms with Gasteiger partial charge in [0.2, 0.25) is 15.9 Å². The van der Waals surface area contributed by atoms with Gasteiger partial charge in [0.25, 0.3) is 0 Å². The second kappa shape index (κ2) is 10.8. The van der Waals surface area contributed by atoms with Gasteiger partial charge in [0.1, 0.15) is 11.9 Å². The second-order valence-electron chi connectivity index (χ2n) is 8.39. The van der Waals surface area contributed by atoms with Gasteiger partial charge in [-0.1, -0.05) is 43.7 Å². The summed E-state index contributed by atoms with van der Waals surface area (Å²) in [5.41, 5.74) is 1.80. The Kier molecular flexibility index (Phi) is 8.73. The lowest BCUT2D eigenvalue weighted by Crippen LogP contribution is -2.48. The highest BCUT2D eigenvalue weighted by Crippen LogP contribution is 2.18. The Morgan fingerprint density at radius 2 is 1.61 bits per heavy atom. The molecule has 0 spiro atoms. The summed E-state index contributed by atoms with van der Waals surface area (Å²) < 4.78 is 41.4. The summed E-state index contributed by atoms with van der Waals surface area (Å²) in [7, 11) is -0.108. The van der Waals surface area contributed by atoms with Crippen molar-refractivity contribution in [1.82, 2.24) is 14.9 Å². The smallest absolute Gasteiger partial charge is 0.241 e. The van der Waals surface area contributed by atoms with Crippen LogP contribution in [0.3, 0.4) is 0 Å². The highest BCUT2D eigenvalue weighted by atomic mass is 32.2. The number of rotatable bonds is 10. The lowest BCUT2D eigenvalue weighted by Gasteiger charge is -2.27. The van der Waals surface area contributed by atoms with Crippen LogP contribution in [0.4, 0.5) is 4.39 Å². The van der Waals surface area contributed by atoms with Gasteiger partial charge in [0.15, 0.2) is 0 Å². The zero-order chi connectivity index (χ0) is 23.2. The molecule has 0 bridgehead atoms. The molecule has 0 radical (unpaired) electrons. The first-order valence-electron chi connectivity index (χ1n) is 10.3. The molecule has 0 saturated heterocycles. The highest BCUT2D eigenvalue weighted by molar-refractivity contribution is 7.89. The quantitative estimate of drug-likeness (QED) is 0.584. The van der Waals surface area contributed by atoms with Crippen LogP contribution < -0.4 is 10.0 Å². The van der Waals surface area contributed by atoms with E-state index in [4.69, 9.17) is 0 Å². The Balaban J connectivity index is 2.14. The van der Waals surface area contributed by atoms with E-state index in [1.165, 1.54) is 24.3 Å². The number of aryl methyl sites for hydroxylation is 1. The maximum Gasteiger partial charge on any atom is 0.241 e. The lowest BCUT2D eigenvalue weighted by atomic mass is 10.0. The van der Waals surface area contributed by atoms with E-state index in [2.05, 4.69) is 10.0 Å². The summed E-state index contributed by atoms with van der Waals surface area (Å²) in [5, 5.41) is 2.86. The summed E-state index contributed by atoms with van der Waals surface area (Å²) in [6.07, 6.45) is 0.361. The molecule has 1 amide bonds. The van der Waals surface area contributed by atoms with Crippen LogP contribution in [0.15, 0.2) is 53.4 Å². The van der Waals surface area contributed by atoms with Gasteiger partial charge in [-0.2, -0.15) is 4.72 Å². The molecule has 2 atom stereocenters. The first-order chi connectivity index (χ1) is 14.5. The van der Waals surface area contributed by atoms with Crippen molar-refractivity contribution in [1.29, 1.82) is 0 Å². The molecule has 0 fully saturated rings. The normalized spacial score (nSPS) is 13.9. The number of carbonyl (C=O) groups excluding carboxylic acids is 1. The van der Waals surface area contributed by atoms with Gasteiger partial charge < -0.3 is 10.2 Å². The molecule has 0 heterocycles. The molecular weight excluding hydrogens is 417 g/mol. The van der Waals surface area contributed by atoms with Crippen LogP contribution in [0.2, 0.25) is 0 Å². The summed E-state index contributed by atoms with van der Waals surface area (Å²) in [5.74, 6) is -0.607. The number of likely N-dealkylation sites (N-methyl/N-ethyl adjacent to an activating group) is 1. The van der Waals surface area contributed by atoms with Crippen molar-refractivity contribution in [3.63, 3.8) is 0 Å². The zero-order valence-electron chi connectivity index (χ0n) is 18.7. The fourth-order valence-corrected chi connectivity index (χ4v) is 4.47. The van der Waals surface area contributed by atoms with Crippen LogP contribution in [0.25, 0.3) is 0 Å². The topological polar surface area (TPSA) is 78.5 Å². The van der Waals surface area contributed by atoms with Gasteiger partial charge in [-0.3, -0.25) is 4.79 Å². The van der Waals surface area contributed by atoms with E-state index in [0.717, 1.165) is 11.1 Å². The fourth-order valence-electron chi connectivity index (χ4n) is 3.26. The van der Waals surface area contributed by atoms with Crippen LogP contribution >= 0.6 is 0 Å². The molecule has 0 aliphatic heterocycles. The number of hydrogen-bond donors (Lipinski definition) is 2. The summed E-state index contributed by atoms with van der Waals surface area (Å²) >= 11 is 0. The molecule has 170 valence electrons. The minimum absolute atomic E-state index is 0.109. The number of nitrogens with zero attached hydrogens (tertiary/aromatic N) is 1. The standard InChI is InChI=1S/C23H32FN3O3S/c1-16(2)14-21(26-31(29,30)20-12-6-17(3)7-13-20)23(28)25-15-22(27(4)5)18-8-10-19(24)11-9-18/h6-13,16,21-22,26H,14-15H2,1-5H3,(H,25,28). The van der Waals surface area contributed by atoms with Crippen LogP contribution in [0.1, 0.15) is 37.4 Å². The average Bonchev–Trinajstić information content (AvgIpc) is 2.68. The van der Waals surface area contributed by atoms with E-state index >= 15 is 0 Å². The average molecular weight is 450 g/mol. The minimum Gasteiger partial charge on any atom is -0.353 e.